The lowest BCUT2D eigenvalue weighted by Crippen LogP contribution is -2.54. The fourth-order valence-corrected chi connectivity index (χ4v) is 10.5. The van der Waals surface area contributed by atoms with Crippen molar-refractivity contribution in [3.63, 3.8) is 0 Å². The number of piperidine rings is 1. The largest absolute Gasteiger partial charge is 0.369 e. The molecule has 0 bridgehead atoms. The summed E-state index contributed by atoms with van der Waals surface area (Å²) in [6.45, 7) is 16.0. The van der Waals surface area contributed by atoms with Crippen molar-refractivity contribution in [1.82, 2.24) is 4.90 Å². The number of hydrogen-bond acceptors (Lipinski definition) is 3. The first-order chi connectivity index (χ1) is 16.1. The number of fused-ring (bicyclic) bond motifs is 6. The van der Waals surface area contributed by atoms with Crippen molar-refractivity contribution in [3.8, 4) is 0 Å². The zero-order valence-corrected chi connectivity index (χ0v) is 22.7. The lowest BCUT2D eigenvalue weighted by atomic mass is 9.52. The second kappa shape index (κ2) is 8.17. The summed E-state index contributed by atoms with van der Waals surface area (Å²) in [5.74, 6) is 4.95. The summed E-state index contributed by atoms with van der Waals surface area (Å²) in [6.07, 6.45) is 12.2. The van der Waals surface area contributed by atoms with Crippen LogP contribution in [0.2, 0.25) is 0 Å². The maximum atomic E-state index is 12.2. The smallest absolute Gasteiger partial charge is 0.133 e. The molecule has 0 aromatic rings. The average molecular weight is 468 g/mol. The van der Waals surface area contributed by atoms with Gasteiger partial charge in [0.1, 0.15) is 5.78 Å². The van der Waals surface area contributed by atoms with Crippen LogP contribution < -0.4 is 0 Å². The zero-order chi connectivity index (χ0) is 24.0. The van der Waals surface area contributed by atoms with E-state index in [0.717, 1.165) is 49.4 Å². The Morgan fingerprint density at radius 3 is 2.65 bits per heavy atom. The molecule has 2 aliphatic heterocycles. The van der Waals surface area contributed by atoms with Crippen LogP contribution in [0.3, 0.4) is 0 Å². The number of rotatable bonds is 1. The molecule has 3 nitrogen and oxygen atoms in total. The zero-order valence-electron chi connectivity index (χ0n) is 22.7. The molecule has 10 unspecified atom stereocenters. The second-order valence-electron chi connectivity index (χ2n) is 14.3. The van der Waals surface area contributed by atoms with E-state index < -0.39 is 0 Å². The van der Waals surface area contributed by atoms with Gasteiger partial charge in [-0.1, -0.05) is 31.9 Å². The number of Topliss-reactive ketones (excluding diaryl/α,β-unsaturated/α-hetero) is 1. The molecule has 0 amide bonds. The highest BCUT2D eigenvalue weighted by atomic mass is 16.5. The number of ketones is 1. The van der Waals surface area contributed by atoms with Crippen molar-refractivity contribution >= 4 is 5.78 Å². The van der Waals surface area contributed by atoms with E-state index in [0.29, 0.717) is 41.2 Å². The first-order valence-electron chi connectivity index (χ1n) is 14.8. The minimum atomic E-state index is 0.0435. The Kier molecular flexibility index (Phi) is 5.70. The van der Waals surface area contributed by atoms with Crippen LogP contribution in [-0.4, -0.2) is 41.0 Å². The summed E-state index contributed by atoms with van der Waals surface area (Å²) in [4.78, 5) is 15.0. The summed E-state index contributed by atoms with van der Waals surface area (Å²) < 4.78 is 7.21. The summed E-state index contributed by atoms with van der Waals surface area (Å²) >= 11 is 0. The summed E-state index contributed by atoms with van der Waals surface area (Å²) in [6, 6.07) is 1.19. The standard InChI is InChI=1S/C31H49NO2/c1-18(2)32-17-19(3)13-28-29(32)21(5)31(34-28)12-10-24-25-8-7-22-14-23(33)9-11-30(22,6)27(25)15-26(24)20(4)16-31/h18-19,21-22,24-25,27-29H,7-17H2,1-6H3. The summed E-state index contributed by atoms with van der Waals surface area (Å²) in [5.41, 5.74) is 3.94. The van der Waals surface area contributed by atoms with E-state index >= 15 is 0 Å². The molecule has 6 aliphatic rings. The maximum Gasteiger partial charge on any atom is 0.133 e. The highest BCUT2D eigenvalue weighted by Gasteiger charge is 2.60. The molecule has 2 saturated heterocycles. The monoisotopic (exact) mass is 467 g/mol. The molecule has 6 rings (SSSR count). The van der Waals surface area contributed by atoms with Crippen molar-refractivity contribution < 1.29 is 9.53 Å². The lowest BCUT2D eigenvalue weighted by Gasteiger charge is -2.52. The minimum Gasteiger partial charge on any atom is -0.369 e. The van der Waals surface area contributed by atoms with Gasteiger partial charge in [0, 0.05) is 37.4 Å². The Hall–Kier alpha value is -0.670. The Bertz CT molecular complexity index is 877. The molecule has 3 heteroatoms. The van der Waals surface area contributed by atoms with Crippen LogP contribution in [0.25, 0.3) is 0 Å². The quantitative estimate of drug-likeness (QED) is 0.397. The van der Waals surface area contributed by atoms with Crippen LogP contribution in [0.4, 0.5) is 0 Å². The fraction of sp³-hybridized carbons (Fsp3) is 0.903. The number of carbonyl (C=O) groups excluding carboxylic acids is 1. The molecular formula is C31H49NO2. The number of likely N-dealkylation sites (tertiary alicyclic amines) is 1. The Morgan fingerprint density at radius 1 is 1.09 bits per heavy atom. The van der Waals surface area contributed by atoms with Crippen LogP contribution in [-0.2, 0) is 9.53 Å². The predicted molar refractivity (Wildman–Crippen MR) is 138 cm³/mol. The van der Waals surface area contributed by atoms with E-state index in [1.165, 1.54) is 45.1 Å². The Labute approximate surface area is 208 Å². The molecule has 0 N–H and O–H groups in total. The van der Waals surface area contributed by atoms with Crippen LogP contribution in [0, 0.1) is 40.9 Å². The number of allylic oxidation sites excluding steroid dienone is 1. The number of ether oxygens (including phenoxy) is 1. The van der Waals surface area contributed by atoms with E-state index in [4.69, 9.17) is 4.74 Å². The van der Waals surface area contributed by atoms with Gasteiger partial charge in [-0.05, 0) is 107 Å². The molecule has 2 heterocycles. The van der Waals surface area contributed by atoms with Gasteiger partial charge in [0.2, 0.25) is 0 Å². The van der Waals surface area contributed by atoms with Gasteiger partial charge >= 0.3 is 0 Å². The van der Waals surface area contributed by atoms with Gasteiger partial charge in [0.15, 0.2) is 0 Å². The van der Waals surface area contributed by atoms with E-state index in [1.807, 2.05) is 5.57 Å². The van der Waals surface area contributed by atoms with E-state index in [9.17, 15) is 4.79 Å². The van der Waals surface area contributed by atoms with Crippen molar-refractivity contribution in [1.29, 1.82) is 0 Å². The van der Waals surface area contributed by atoms with Crippen LogP contribution in [0.15, 0.2) is 11.1 Å². The topological polar surface area (TPSA) is 29.5 Å². The lowest BCUT2D eigenvalue weighted by molar-refractivity contribution is -0.129. The van der Waals surface area contributed by atoms with Crippen LogP contribution in [0.5, 0.6) is 0 Å². The number of hydrogen-bond donors (Lipinski definition) is 0. The van der Waals surface area contributed by atoms with Crippen molar-refractivity contribution in [2.45, 2.75) is 130 Å². The van der Waals surface area contributed by atoms with Gasteiger partial charge in [0.05, 0.1) is 11.7 Å². The number of carbonyl (C=O) groups is 1. The second-order valence-corrected chi connectivity index (χ2v) is 14.3. The van der Waals surface area contributed by atoms with Gasteiger partial charge in [-0.25, -0.2) is 0 Å². The average Bonchev–Trinajstić information content (AvgIpc) is 3.24. The molecule has 4 aliphatic carbocycles. The highest BCUT2D eigenvalue weighted by Crippen LogP contribution is 2.65. The first-order valence-corrected chi connectivity index (χ1v) is 14.8. The molecule has 3 saturated carbocycles. The Balaban J connectivity index is 1.28. The third-order valence-corrected chi connectivity index (χ3v) is 12.3. The van der Waals surface area contributed by atoms with Crippen molar-refractivity contribution in [3.05, 3.63) is 11.1 Å². The van der Waals surface area contributed by atoms with E-state index in [1.54, 1.807) is 5.57 Å². The van der Waals surface area contributed by atoms with Crippen LogP contribution >= 0.6 is 0 Å². The third kappa shape index (κ3) is 3.38. The van der Waals surface area contributed by atoms with Crippen LogP contribution in [0.1, 0.15) is 106 Å². The third-order valence-electron chi connectivity index (χ3n) is 12.3. The Morgan fingerprint density at radius 2 is 1.88 bits per heavy atom. The molecule has 0 radical (unpaired) electrons. The van der Waals surface area contributed by atoms with Crippen molar-refractivity contribution in [2.75, 3.05) is 6.54 Å². The summed E-state index contributed by atoms with van der Waals surface area (Å²) in [7, 11) is 0. The van der Waals surface area contributed by atoms with Gasteiger partial charge in [-0.15, -0.1) is 0 Å². The highest BCUT2D eigenvalue weighted by molar-refractivity contribution is 5.79. The number of nitrogens with zero attached hydrogens (tertiary/aromatic N) is 1. The molecule has 0 aromatic heterocycles. The van der Waals surface area contributed by atoms with Gasteiger partial charge in [-0.2, -0.15) is 0 Å². The molecule has 190 valence electrons. The van der Waals surface area contributed by atoms with Gasteiger partial charge in [0.25, 0.3) is 0 Å². The molecule has 10 atom stereocenters. The molecular weight excluding hydrogens is 418 g/mol. The predicted octanol–water partition coefficient (Wildman–Crippen LogP) is 6.80. The maximum absolute atomic E-state index is 12.2. The fourth-order valence-electron chi connectivity index (χ4n) is 10.5. The molecule has 34 heavy (non-hydrogen) atoms. The van der Waals surface area contributed by atoms with E-state index in [2.05, 4.69) is 46.4 Å². The first kappa shape index (κ1) is 23.7. The molecule has 0 aromatic carbocycles. The van der Waals surface area contributed by atoms with Gasteiger partial charge in [-0.3, -0.25) is 9.69 Å². The summed E-state index contributed by atoms with van der Waals surface area (Å²) in [5, 5.41) is 0. The van der Waals surface area contributed by atoms with E-state index in [-0.39, 0.29) is 5.60 Å². The minimum absolute atomic E-state index is 0.0435. The molecule has 1 spiro atoms. The molecule has 5 fully saturated rings. The SMILES string of the molecule is CC1=C2CC3C(CCC4CC(=O)CCC43C)C2CCC2(C1)OC1CC(C)CN(C(C)C)C1C2C. The normalized spacial score (nSPS) is 51.3. The van der Waals surface area contributed by atoms with Gasteiger partial charge < -0.3 is 4.74 Å². The van der Waals surface area contributed by atoms with Crippen molar-refractivity contribution in [2.24, 2.45) is 40.9 Å².